The molecule has 1 atom stereocenters. The predicted molar refractivity (Wildman–Crippen MR) is 86.3 cm³/mol. The second-order valence-electron chi connectivity index (χ2n) is 5.40. The van der Waals surface area contributed by atoms with Crippen LogP contribution in [0.15, 0.2) is 30.6 Å². The Labute approximate surface area is 135 Å². The third kappa shape index (κ3) is 6.86. The number of methoxy groups -OCH3 is 1. The molecule has 124 valence electrons. The van der Waals surface area contributed by atoms with Crippen molar-refractivity contribution in [3.8, 4) is 0 Å². The van der Waals surface area contributed by atoms with E-state index in [1.54, 1.807) is 24.5 Å². The fourth-order valence-corrected chi connectivity index (χ4v) is 1.85. The molecule has 0 aliphatic carbocycles. The van der Waals surface area contributed by atoms with Crippen LogP contribution in [-0.4, -0.2) is 35.8 Å². The van der Waals surface area contributed by atoms with Crippen molar-refractivity contribution in [2.24, 2.45) is 5.92 Å². The Kier molecular flexibility index (Phi) is 7.66. The minimum absolute atomic E-state index is 0.0242. The standard InChI is InChI=1S/C17H22N2O4/c1-12(2)16(17(22)23-3)19-15(21)9-8-14(20)7-6-13-5-4-10-18-11-13/h4-7,10-12,16H,8-9H2,1-3H3,(H,19,21)/b7-6+/t16-/m0/s1. The highest BCUT2D eigenvalue weighted by atomic mass is 16.5. The Balaban J connectivity index is 2.44. The van der Waals surface area contributed by atoms with E-state index in [-0.39, 0.29) is 30.4 Å². The van der Waals surface area contributed by atoms with E-state index in [2.05, 4.69) is 15.0 Å². The quantitative estimate of drug-likeness (QED) is 0.583. The first-order chi connectivity index (χ1) is 10.9. The van der Waals surface area contributed by atoms with Crippen LogP contribution in [0.5, 0.6) is 0 Å². The van der Waals surface area contributed by atoms with Crippen LogP contribution in [0.25, 0.3) is 6.08 Å². The summed E-state index contributed by atoms with van der Waals surface area (Å²) in [6.07, 6.45) is 6.46. The molecule has 1 heterocycles. The van der Waals surface area contributed by atoms with Gasteiger partial charge in [-0.25, -0.2) is 4.79 Å². The van der Waals surface area contributed by atoms with Gasteiger partial charge in [-0.1, -0.05) is 19.9 Å². The number of nitrogens with one attached hydrogen (secondary N) is 1. The molecule has 0 unspecified atom stereocenters. The summed E-state index contributed by atoms with van der Waals surface area (Å²) in [6, 6.07) is 2.90. The predicted octanol–water partition coefficient (Wildman–Crippen LogP) is 1.76. The molecule has 0 spiro atoms. The van der Waals surface area contributed by atoms with Crippen molar-refractivity contribution < 1.29 is 19.1 Å². The van der Waals surface area contributed by atoms with Gasteiger partial charge in [0.15, 0.2) is 5.78 Å². The molecule has 0 bridgehead atoms. The topological polar surface area (TPSA) is 85.4 Å². The van der Waals surface area contributed by atoms with Crippen molar-refractivity contribution in [2.75, 3.05) is 7.11 Å². The summed E-state index contributed by atoms with van der Waals surface area (Å²) in [5.41, 5.74) is 0.816. The van der Waals surface area contributed by atoms with E-state index in [4.69, 9.17) is 0 Å². The Hall–Kier alpha value is -2.50. The van der Waals surface area contributed by atoms with Crippen LogP contribution >= 0.6 is 0 Å². The van der Waals surface area contributed by atoms with Gasteiger partial charge in [0.2, 0.25) is 5.91 Å². The number of rotatable bonds is 8. The lowest BCUT2D eigenvalue weighted by Crippen LogP contribution is -2.45. The summed E-state index contributed by atoms with van der Waals surface area (Å²) in [5.74, 6) is -1.09. The van der Waals surface area contributed by atoms with Crippen LogP contribution in [0.1, 0.15) is 32.3 Å². The average molecular weight is 318 g/mol. The number of carbonyl (C=O) groups is 3. The zero-order valence-corrected chi connectivity index (χ0v) is 13.6. The maximum Gasteiger partial charge on any atom is 0.328 e. The van der Waals surface area contributed by atoms with Gasteiger partial charge in [0.25, 0.3) is 0 Å². The number of ketones is 1. The van der Waals surface area contributed by atoms with Crippen molar-refractivity contribution in [1.82, 2.24) is 10.3 Å². The minimum Gasteiger partial charge on any atom is -0.467 e. The fraction of sp³-hybridized carbons (Fsp3) is 0.412. The van der Waals surface area contributed by atoms with Crippen LogP contribution in [0.4, 0.5) is 0 Å². The van der Waals surface area contributed by atoms with Gasteiger partial charge in [-0.2, -0.15) is 0 Å². The highest BCUT2D eigenvalue weighted by molar-refractivity contribution is 5.96. The maximum atomic E-state index is 11.9. The first kappa shape index (κ1) is 18.5. The summed E-state index contributed by atoms with van der Waals surface area (Å²) >= 11 is 0. The highest BCUT2D eigenvalue weighted by Crippen LogP contribution is 2.05. The van der Waals surface area contributed by atoms with Crippen molar-refractivity contribution in [3.05, 3.63) is 36.2 Å². The molecule has 1 N–H and O–H groups in total. The normalized spacial score (nSPS) is 12.2. The number of pyridine rings is 1. The molecule has 0 radical (unpaired) electrons. The van der Waals surface area contributed by atoms with Gasteiger partial charge in [-0.3, -0.25) is 14.6 Å². The number of carbonyl (C=O) groups excluding carboxylic acids is 3. The zero-order chi connectivity index (χ0) is 17.2. The second-order valence-corrected chi connectivity index (χ2v) is 5.40. The van der Waals surface area contributed by atoms with Gasteiger partial charge >= 0.3 is 5.97 Å². The van der Waals surface area contributed by atoms with Crippen LogP contribution in [0.3, 0.4) is 0 Å². The first-order valence-corrected chi connectivity index (χ1v) is 7.42. The summed E-state index contributed by atoms with van der Waals surface area (Å²) in [4.78, 5) is 39.1. The lowest BCUT2D eigenvalue weighted by molar-refractivity contribution is -0.146. The van der Waals surface area contributed by atoms with Crippen molar-refractivity contribution in [2.45, 2.75) is 32.7 Å². The molecule has 23 heavy (non-hydrogen) atoms. The van der Waals surface area contributed by atoms with Crippen LogP contribution in [-0.2, 0) is 19.1 Å². The summed E-state index contributed by atoms with van der Waals surface area (Å²) in [5, 5.41) is 2.60. The van der Waals surface area contributed by atoms with Crippen molar-refractivity contribution in [1.29, 1.82) is 0 Å². The van der Waals surface area contributed by atoms with E-state index in [1.165, 1.54) is 13.2 Å². The summed E-state index contributed by atoms with van der Waals surface area (Å²) in [6.45, 7) is 3.62. The van der Waals surface area contributed by atoms with Crippen LogP contribution in [0.2, 0.25) is 0 Å². The first-order valence-electron chi connectivity index (χ1n) is 7.42. The van der Waals surface area contributed by atoms with E-state index in [1.807, 2.05) is 19.9 Å². The molecule has 0 aliphatic rings. The SMILES string of the molecule is COC(=O)[C@@H](NC(=O)CCC(=O)/C=C/c1cccnc1)C(C)C. The lowest BCUT2D eigenvalue weighted by Gasteiger charge is -2.19. The number of amides is 1. The number of aromatic nitrogens is 1. The van der Waals surface area contributed by atoms with E-state index < -0.39 is 12.0 Å². The van der Waals surface area contributed by atoms with Crippen LogP contribution < -0.4 is 5.32 Å². The largest absolute Gasteiger partial charge is 0.467 e. The summed E-state index contributed by atoms with van der Waals surface area (Å²) in [7, 11) is 1.27. The van der Waals surface area contributed by atoms with Gasteiger partial charge in [-0.15, -0.1) is 0 Å². The second kappa shape index (κ2) is 9.50. The molecular weight excluding hydrogens is 296 g/mol. The van der Waals surface area contributed by atoms with E-state index in [0.29, 0.717) is 0 Å². The van der Waals surface area contributed by atoms with Gasteiger partial charge in [0, 0.05) is 25.2 Å². The number of allylic oxidation sites excluding steroid dienone is 1. The molecule has 0 saturated carbocycles. The van der Waals surface area contributed by atoms with E-state index in [0.717, 1.165) is 5.56 Å². The molecule has 0 saturated heterocycles. The maximum absolute atomic E-state index is 11.9. The molecule has 1 amide bonds. The molecule has 6 heteroatoms. The number of esters is 1. The molecule has 1 aromatic heterocycles. The lowest BCUT2D eigenvalue weighted by atomic mass is 10.0. The van der Waals surface area contributed by atoms with E-state index >= 15 is 0 Å². The Morgan fingerprint density at radius 3 is 2.61 bits per heavy atom. The number of nitrogens with zero attached hydrogens (tertiary/aromatic N) is 1. The molecule has 0 aromatic carbocycles. The van der Waals surface area contributed by atoms with Crippen molar-refractivity contribution >= 4 is 23.7 Å². The number of ether oxygens (including phenoxy) is 1. The summed E-state index contributed by atoms with van der Waals surface area (Å²) < 4.78 is 4.65. The third-order valence-corrected chi connectivity index (χ3v) is 3.18. The van der Waals surface area contributed by atoms with Crippen molar-refractivity contribution in [3.63, 3.8) is 0 Å². The monoisotopic (exact) mass is 318 g/mol. The third-order valence-electron chi connectivity index (χ3n) is 3.18. The molecule has 6 nitrogen and oxygen atoms in total. The fourth-order valence-electron chi connectivity index (χ4n) is 1.85. The zero-order valence-electron chi connectivity index (χ0n) is 13.6. The number of hydrogen-bond acceptors (Lipinski definition) is 5. The molecule has 1 aromatic rings. The van der Waals surface area contributed by atoms with Gasteiger partial charge in [-0.05, 0) is 29.7 Å². The smallest absolute Gasteiger partial charge is 0.328 e. The molecule has 0 fully saturated rings. The van der Waals surface area contributed by atoms with Crippen LogP contribution in [0, 0.1) is 5.92 Å². The molecule has 0 aliphatic heterocycles. The van der Waals surface area contributed by atoms with E-state index in [9.17, 15) is 14.4 Å². The average Bonchev–Trinajstić information content (AvgIpc) is 2.55. The highest BCUT2D eigenvalue weighted by Gasteiger charge is 2.24. The Bertz CT molecular complexity index is 567. The minimum atomic E-state index is -0.700. The number of hydrogen-bond donors (Lipinski definition) is 1. The van der Waals surface area contributed by atoms with Gasteiger partial charge in [0.05, 0.1) is 7.11 Å². The molecule has 1 rings (SSSR count). The Morgan fingerprint density at radius 1 is 1.30 bits per heavy atom. The molecular formula is C17H22N2O4. The van der Waals surface area contributed by atoms with Gasteiger partial charge in [0.1, 0.15) is 6.04 Å². The van der Waals surface area contributed by atoms with Gasteiger partial charge < -0.3 is 10.1 Å². The Morgan fingerprint density at radius 2 is 2.04 bits per heavy atom.